The van der Waals surface area contributed by atoms with Gasteiger partial charge in [0.25, 0.3) is 0 Å². The van der Waals surface area contributed by atoms with E-state index in [4.69, 9.17) is 9.05 Å². The highest BCUT2D eigenvalue weighted by molar-refractivity contribution is 7.47. The molecule has 15 heteroatoms. The van der Waals surface area contributed by atoms with Gasteiger partial charge in [-0.1, -0.05) is 36.8 Å². The maximum atomic E-state index is 12.5. The smallest absolute Gasteiger partial charge is 0.472 e. The van der Waals surface area contributed by atoms with E-state index in [2.05, 4.69) is 0 Å². The monoisotopic (exact) mass is 601 g/mol. The van der Waals surface area contributed by atoms with Crippen molar-refractivity contribution in [1.82, 2.24) is 14.7 Å². The molecule has 0 saturated heterocycles. The number of rotatable bonds is 26. The first kappa shape index (κ1) is 36.2. The normalized spacial score (nSPS) is 13.7. The summed E-state index contributed by atoms with van der Waals surface area (Å²) in [7, 11) is -4.56. The van der Waals surface area contributed by atoms with Crippen molar-refractivity contribution in [2.45, 2.75) is 31.7 Å². The van der Waals surface area contributed by atoms with E-state index >= 15 is 0 Å². The summed E-state index contributed by atoms with van der Waals surface area (Å²) in [5.74, 6) is -2.67. The molecule has 14 nitrogen and oxygen atoms in total. The van der Waals surface area contributed by atoms with E-state index in [0.717, 1.165) is 24.2 Å². The van der Waals surface area contributed by atoms with Gasteiger partial charge in [0.05, 0.1) is 45.9 Å². The Bertz CT molecular complexity index is 957. The van der Waals surface area contributed by atoms with Crippen molar-refractivity contribution >= 4 is 38.6 Å². The Hall–Kier alpha value is -2.84. The molecule has 0 aliphatic heterocycles. The number of carboxylic acid groups (broad SMARTS) is 2. The lowest BCUT2D eigenvalue weighted by atomic mass is 10.1. The highest BCUT2D eigenvalue weighted by atomic mass is 31.2. The molecule has 0 spiro atoms. The van der Waals surface area contributed by atoms with Gasteiger partial charge in [-0.15, -0.1) is 0 Å². The maximum Gasteiger partial charge on any atom is 0.472 e. The van der Waals surface area contributed by atoms with Crippen LogP contribution in [-0.4, -0.2) is 132 Å². The average molecular weight is 602 g/mol. The number of aryl methyl sites for hydroxylation is 1. The second kappa shape index (κ2) is 20.9. The fraction of sp³-hybridized carbons (Fsp3) is 0.577. The van der Waals surface area contributed by atoms with Gasteiger partial charge in [-0.2, -0.15) is 0 Å². The zero-order chi connectivity index (χ0) is 30.5. The van der Waals surface area contributed by atoms with Crippen LogP contribution in [0.5, 0.6) is 0 Å². The topological polar surface area (TPSA) is 191 Å². The Labute approximate surface area is 239 Å². The van der Waals surface area contributed by atoms with Gasteiger partial charge in [0.15, 0.2) is 0 Å². The number of carbonyl (C=O) groups is 5. The van der Waals surface area contributed by atoms with Crippen molar-refractivity contribution in [1.29, 1.82) is 0 Å². The molecule has 0 aliphatic rings. The van der Waals surface area contributed by atoms with Gasteiger partial charge >= 0.3 is 19.8 Å². The van der Waals surface area contributed by atoms with E-state index in [0.29, 0.717) is 25.3 Å². The zero-order valence-corrected chi connectivity index (χ0v) is 23.9. The summed E-state index contributed by atoms with van der Waals surface area (Å²) in [5, 5.41) is 18.6. The van der Waals surface area contributed by atoms with Crippen molar-refractivity contribution in [2.75, 3.05) is 65.6 Å². The number of phosphoric acid groups is 1. The SMILES string of the molecule is O=CCN(CC=O)CCN(CC=O)CC(COP(=O)(O)OCCCCCc1ccccc1)N(CC(=O)O)CC(=O)O. The molecular formula is C26H40N3O11P. The highest BCUT2D eigenvalue weighted by Crippen LogP contribution is 2.43. The van der Waals surface area contributed by atoms with Gasteiger partial charge in [0.1, 0.15) is 18.9 Å². The van der Waals surface area contributed by atoms with Crippen molar-refractivity contribution < 1.29 is 52.7 Å². The second-order valence-electron chi connectivity index (χ2n) is 9.26. The average Bonchev–Trinajstić information content (AvgIpc) is 2.91. The number of unbranched alkanes of at least 4 members (excludes halogenated alkanes) is 2. The molecule has 1 rings (SSSR count). The Morgan fingerprint density at radius 1 is 0.829 bits per heavy atom. The standard InChI is InChI=1S/C26H40N3O11P/c30-15-12-27(13-16-31)10-11-28(14-17-32)19-24(29(20-25(33)34)21-26(35)36)22-40-41(37,38)39-18-6-2-5-9-23-7-3-1-4-8-23/h1,3-4,7-8,15-17,24H,2,5-6,9-14,18-22H2,(H,33,34)(H,35,36)(H,37,38). The van der Waals surface area contributed by atoms with Crippen LogP contribution < -0.4 is 0 Å². The zero-order valence-electron chi connectivity index (χ0n) is 23.0. The molecular weight excluding hydrogens is 561 g/mol. The fourth-order valence-electron chi connectivity index (χ4n) is 4.00. The largest absolute Gasteiger partial charge is 0.480 e. The maximum absolute atomic E-state index is 12.5. The van der Waals surface area contributed by atoms with E-state index in [1.54, 1.807) is 0 Å². The molecule has 0 saturated carbocycles. The summed E-state index contributed by atoms with van der Waals surface area (Å²) in [6.45, 7) is -2.00. The van der Waals surface area contributed by atoms with E-state index in [1.807, 2.05) is 30.3 Å². The first-order valence-corrected chi connectivity index (χ1v) is 14.7. The molecule has 0 heterocycles. The van der Waals surface area contributed by atoms with Crippen LogP contribution in [0.25, 0.3) is 0 Å². The van der Waals surface area contributed by atoms with Crippen molar-refractivity contribution in [3.05, 3.63) is 35.9 Å². The van der Waals surface area contributed by atoms with Crippen LogP contribution in [0.2, 0.25) is 0 Å². The molecule has 3 N–H and O–H groups in total. The van der Waals surface area contributed by atoms with Gasteiger partial charge in [-0.05, 0) is 24.8 Å². The number of carbonyl (C=O) groups excluding carboxylic acids is 3. The lowest BCUT2D eigenvalue weighted by Crippen LogP contribution is -2.51. The van der Waals surface area contributed by atoms with E-state index in [9.17, 15) is 43.6 Å². The quantitative estimate of drug-likeness (QED) is 0.0758. The molecule has 0 aromatic heterocycles. The number of aldehydes is 3. The predicted octanol–water partition coefficient (Wildman–Crippen LogP) is 0.574. The molecule has 0 fully saturated rings. The molecule has 0 aliphatic carbocycles. The number of benzene rings is 1. The minimum atomic E-state index is -4.56. The van der Waals surface area contributed by atoms with Crippen LogP contribution in [0.15, 0.2) is 30.3 Å². The first-order chi connectivity index (χ1) is 19.6. The number of phosphoric ester groups is 1. The number of hydrogen-bond donors (Lipinski definition) is 3. The molecule has 2 atom stereocenters. The van der Waals surface area contributed by atoms with Crippen molar-refractivity contribution in [3.63, 3.8) is 0 Å². The van der Waals surface area contributed by atoms with E-state index in [1.165, 1.54) is 15.4 Å². The highest BCUT2D eigenvalue weighted by Gasteiger charge is 2.30. The minimum Gasteiger partial charge on any atom is -0.480 e. The third-order valence-electron chi connectivity index (χ3n) is 6.03. The third-order valence-corrected chi connectivity index (χ3v) is 7.01. The summed E-state index contributed by atoms with van der Waals surface area (Å²) in [5.41, 5.74) is 1.19. The summed E-state index contributed by atoms with van der Waals surface area (Å²) in [4.78, 5) is 70.2. The Kier molecular flexibility index (Phi) is 18.5. The van der Waals surface area contributed by atoms with Gasteiger partial charge in [-0.25, -0.2) is 4.57 Å². The number of carboxylic acids is 2. The fourth-order valence-corrected chi connectivity index (χ4v) is 4.79. The van der Waals surface area contributed by atoms with E-state index in [-0.39, 0.29) is 45.9 Å². The van der Waals surface area contributed by atoms with Gasteiger partial charge in [0, 0.05) is 25.7 Å². The Balaban J connectivity index is 2.81. The van der Waals surface area contributed by atoms with Crippen LogP contribution in [0, 0.1) is 0 Å². The van der Waals surface area contributed by atoms with Gasteiger partial charge in [0.2, 0.25) is 0 Å². The summed E-state index contributed by atoms with van der Waals surface area (Å²) >= 11 is 0. The molecule has 230 valence electrons. The summed E-state index contributed by atoms with van der Waals surface area (Å²) in [6, 6.07) is 8.83. The molecule has 0 bridgehead atoms. The van der Waals surface area contributed by atoms with Crippen molar-refractivity contribution in [3.8, 4) is 0 Å². The van der Waals surface area contributed by atoms with Crippen LogP contribution in [0.4, 0.5) is 0 Å². The molecule has 1 aromatic carbocycles. The predicted molar refractivity (Wildman–Crippen MR) is 147 cm³/mol. The minimum absolute atomic E-state index is 0.0261. The summed E-state index contributed by atoms with van der Waals surface area (Å²) in [6.07, 6.45) is 4.78. The van der Waals surface area contributed by atoms with Gasteiger partial charge in [-0.3, -0.25) is 33.3 Å². The number of nitrogens with zero attached hydrogens (tertiary/aromatic N) is 3. The first-order valence-electron chi connectivity index (χ1n) is 13.2. The molecule has 1 aromatic rings. The Morgan fingerprint density at radius 2 is 1.39 bits per heavy atom. The molecule has 41 heavy (non-hydrogen) atoms. The van der Waals surface area contributed by atoms with Crippen LogP contribution >= 0.6 is 7.82 Å². The van der Waals surface area contributed by atoms with Crippen molar-refractivity contribution in [2.24, 2.45) is 0 Å². The van der Waals surface area contributed by atoms with Gasteiger partial charge < -0.3 is 29.5 Å². The van der Waals surface area contributed by atoms with Crippen LogP contribution in [0.1, 0.15) is 24.8 Å². The number of aliphatic carboxylic acids is 2. The molecule has 2 unspecified atom stereocenters. The van der Waals surface area contributed by atoms with Crippen LogP contribution in [-0.2, 0) is 44.0 Å². The third kappa shape index (κ3) is 17.6. The second-order valence-corrected chi connectivity index (χ2v) is 10.7. The lowest BCUT2D eigenvalue weighted by molar-refractivity contribution is -0.143. The number of hydrogen-bond acceptors (Lipinski definition) is 11. The Morgan fingerprint density at radius 3 is 1.95 bits per heavy atom. The summed E-state index contributed by atoms with van der Waals surface area (Å²) < 4.78 is 22.7. The van der Waals surface area contributed by atoms with E-state index < -0.39 is 45.5 Å². The van der Waals surface area contributed by atoms with Crippen LogP contribution in [0.3, 0.4) is 0 Å². The molecule has 0 amide bonds. The lowest BCUT2D eigenvalue weighted by Gasteiger charge is -2.34. The molecule has 0 radical (unpaired) electrons.